The van der Waals surface area contributed by atoms with Gasteiger partial charge in [0.15, 0.2) is 0 Å². The highest BCUT2D eigenvalue weighted by molar-refractivity contribution is 5.08. The first-order valence-corrected chi connectivity index (χ1v) is 4.35. The maximum absolute atomic E-state index is 5.42. The number of pyridine rings is 1. The van der Waals surface area contributed by atoms with E-state index in [4.69, 9.17) is 4.84 Å². The van der Waals surface area contributed by atoms with Gasteiger partial charge in [0.1, 0.15) is 12.4 Å². The highest BCUT2D eigenvalue weighted by Crippen LogP contribution is 2.10. The largest absolute Gasteiger partial charge is 0.340 e. The summed E-state index contributed by atoms with van der Waals surface area (Å²) in [4.78, 5) is 9.46. The Morgan fingerprint density at radius 2 is 2.29 bits per heavy atom. The van der Waals surface area contributed by atoms with Crippen LogP contribution in [0.3, 0.4) is 0 Å². The van der Waals surface area contributed by atoms with Crippen LogP contribution in [0.5, 0.6) is 5.88 Å². The molecule has 1 aromatic heterocycles. The van der Waals surface area contributed by atoms with Crippen LogP contribution in [0.25, 0.3) is 0 Å². The van der Waals surface area contributed by atoms with Crippen molar-refractivity contribution in [3.05, 3.63) is 36.8 Å². The fraction of sp³-hybridized carbons (Fsp3) is 0.222. The molecule has 5 heteroatoms. The van der Waals surface area contributed by atoms with Gasteiger partial charge in [0, 0.05) is 12.3 Å². The summed E-state index contributed by atoms with van der Waals surface area (Å²) in [6.45, 7) is 0. The second-order valence-corrected chi connectivity index (χ2v) is 3.52. The summed E-state index contributed by atoms with van der Waals surface area (Å²) in [7, 11) is 4.00. The van der Waals surface area contributed by atoms with Crippen LogP contribution in [-0.4, -0.2) is 28.8 Å². The lowest BCUT2D eigenvalue weighted by Gasteiger charge is -2.22. The average Bonchev–Trinajstić information content (AvgIpc) is 2.47. The topological polar surface area (TPSA) is 37.4 Å². The molecule has 2 heterocycles. The van der Waals surface area contributed by atoms with Gasteiger partial charge in [-0.15, -0.1) is 0 Å². The number of rotatable bonds is 2. The highest BCUT2D eigenvalue weighted by atomic mass is 16.7. The molecule has 0 aliphatic carbocycles. The van der Waals surface area contributed by atoms with E-state index in [1.54, 1.807) is 12.3 Å². The Hall–Kier alpha value is -1.59. The van der Waals surface area contributed by atoms with Crippen molar-refractivity contribution in [3.8, 4) is 5.88 Å². The van der Waals surface area contributed by atoms with Gasteiger partial charge in [-0.25, -0.2) is 9.58 Å². The minimum atomic E-state index is 0.548. The molecule has 0 saturated heterocycles. The first kappa shape index (κ1) is 8.98. The summed E-state index contributed by atoms with van der Waals surface area (Å²) in [5.41, 5.74) is 3.08. The number of hydrogen-bond donors (Lipinski definition) is 1. The molecule has 0 spiro atoms. The van der Waals surface area contributed by atoms with E-state index >= 15 is 0 Å². The van der Waals surface area contributed by atoms with Gasteiger partial charge >= 0.3 is 0 Å². The zero-order valence-corrected chi connectivity index (χ0v) is 8.21. The normalized spacial score (nSPS) is 18.6. The molecule has 0 fully saturated rings. The third-order valence-corrected chi connectivity index (χ3v) is 1.76. The SMILES string of the molecule is C[N+]1(C)C=CN(Oc2ccccn2)N1. The third kappa shape index (κ3) is 2.01. The molecular formula is C9H13N4O+. The van der Waals surface area contributed by atoms with Gasteiger partial charge in [-0.3, -0.25) is 0 Å². The Kier molecular flexibility index (Phi) is 2.11. The molecule has 74 valence electrons. The van der Waals surface area contributed by atoms with E-state index in [2.05, 4.69) is 10.5 Å². The standard InChI is InChI=1S/C9H13N4O/c1-13(2)8-7-12(11-13)14-9-5-3-4-6-10-9/h3-8,11H,1-2H3/q+1. The lowest BCUT2D eigenvalue weighted by molar-refractivity contribution is -0.896. The van der Waals surface area contributed by atoms with E-state index in [1.807, 2.05) is 38.6 Å². The molecule has 0 amide bonds. The summed E-state index contributed by atoms with van der Waals surface area (Å²) >= 11 is 0. The van der Waals surface area contributed by atoms with Crippen LogP contribution in [0, 0.1) is 0 Å². The van der Waals surface area contributed by atoms with Gasteiger partial charge in [0.25, 0.3) is 0 Å². The first-order valence-electron chi connectivity index (χ1n) is 4.35. The Bertz CT molecular complexity index is 336. The van der Waals surface area contributed by atoms with Gasteiger partial charge in [-0.2, -0.15) is 0 Å². The molecule has 1 aromatic rings. The molecule has 2 rings (SSSR count). The minimum absolute atomic E-state index is 0.548. The molecule has 0 radical (unpaired) electrons. The van der Waals surface area contributed by atoms with Gasteiger partial charge < -0.3 is 4.84 Å². The minimum Gasteiger partial charge on any atom is -0.340 e. The van der Waals surface area contributed by atoms with Crippen LogP contribution in [0.4, 0.5) is 0 Å². The highest BCUT2D eigenvalue weighted by Gasteiger charge is 2.23. The molecule has 0 aromatic carbocycles. The van der Waals surface area contributed by atoms with Crippen molar-refractivity contribution in [2.45, 2.75) is 0 Å². The van der Waals surface area contributed by atoms with Crippen LogP contribution in [0.2, 0.25) is 0 Å². The Balaban J connectivity index is 1.98. The molecule has 14 heavy (non-hydrogen) atoms. The summed E-state index contributed by atoms with van der Waals surface area (Å²) in [6.07, 6.45) is 5.47. The van der Waals surface area contributed by atoms with Crippen LogP contribution < -0.4 is 10.4 Å². The summed E-state index contributed by atoms with van der Waals surface area (Å²) in [5, 5.41) is 1.53. The Morgan fingerprint density at radius 3 is 2.86 bits per heavy atom. The Labute approximate surface area is 82.7 Å². The summed E-state index contributed by atoms with van der Waals surface area (Å²) < 4.78 is 0.548. The van der Waals surface area contributed by atoms with Crippen LogP contribution in [-0.2, 0) is 0 Å². The maximum Gasteiger partial charge on any atom is 0.248 e. The molecule has 5 nitrogen and oxygen atoms in total. The van der Waals surface area contributed by atoms with E-state index in [-0.39, 0.29) is 0 Å². The van der Waals surface area contributed by atoms with Crippen LogP contribution in [0.15, 0.2) is 36.8 Å². The quantitative estimate of drug-likeness (QED) is 0.700. The number of nitrogens with one attached hydrogen (secondary N) is 1. The van der Waals surface area contributed by atoms with E-state index in [0.29, 0.717) is 10.5 Å². The summed E-state index contributed by atoms with van der Waals surface area (Å²) in [5.74, 6) is 0.562. The smallest absolute Gasteiger partial charge is 0.248 e. The van der Waals surface area contributed by atoms with Crippen molar-refractivity contribution in [2.75, 3.05) is 14.1 Å². The summed E-state index contributed by atoms with van der Waals surface area (Å²) in [6, 6.07) is 5.52. The number of hydrazine groups is 1. The molecule has 1 aliphatic heterocycles. The molecule has 0 unspecified atom stereocenters. The second kappa shape index (κ2) is 3.28. The predicted octanol–water partition coefficient (Wildman–Crippen LogP) is 0.658. The zero-order valence-electron chi connectivity index (χ0n) is 8.21. The fourth-order valence-corrected chi connectivity index (χ4v) is 1.10. The molecule has 0 bridgehead atoms. The van der Waals surface area contributed by atoms with Gasteiger partial charge in [0.2, 0.25) is 5.88 Å². The second-order valence-electron chi connectivity index (χ2n) is 3.52. The first-order chi connectivity index (χ1) is 6.66. The lowest BCUT2D eigenvalue weighted by Crippen LogP contribution is -2.50. The van der Waals surface area contributed by atoms with Crippen molar-refractivity contribution in [1.29, 1.82) is 0 Å². The van der Waals surface area contributed by atoms with E-state index in [1.165, 1.54) is 5.17 Å². The maximum atomic E-state index is 5.42. The van der Waals surface area contributed by atoms with E-state index < -0.39 is 0 Å². The van der Waals surface area contributed by atoms with Crippen molar-refractivity contribution >= 4 is 0 Å². The van der Waals surface area contributed by atoms with E-state index in [9.17, 15) is 0 Å². The average molecular weight is 193 g/mol. The van der Waals surface area contributed by atoms with Crippen molar-refractivity contribution in [2.24, 2.45) is 0 Å². The molecule has 0 saturated carbocycles. The van der Waals surface area contributed by atoms with Crippen molar-refractivity contribution in [3.63, 3.8) is 0 Å². The molecule has 1 N–H and O–H groups in total. The molecule has 0 atom stereocenters. The Morgan fingerprint density at radius 1 is 1.43 bits per heavy atom. The third-order valence-electron chi connectivity index (χ3n) is 1.76. The van der Waals surface area contributed by atoms with Gasteiger partial charge in [-0.05, 0) is 11.6 Å². The van der Waals surface area contributed by atoms with E-state index in [0.717, 1.165) is 0 Å². The van der Waals surface area contributed by atoms with Crippen molar-refractivity contribution in [1.82, 2.24) is 15.7 Å². The monoisotopic (exact) mass is 193 g/mol. The number of hydroxylamine groups is 1. The van der Waals surface area contributed by atoms with Crippen LogP contribution in [0.1, 0.15) is 0 Å². The predicted molar refractivity (Wildman–Crippen MR) is 51.1 cm³/mol. The van der Waals surface area contributed by atoms with Crippen molar-refractivity contribution < 1.29 is 9.43 Å². The number of nitrogens with zero attached hydrogens (tertiary/aromatic N) is 3. The molecule has 1 aliphatic rings. The zero-order chi connectivity index (χ0) is 10.0. The van der Waals surface area contributed by atoms with Crippen LogP contribution >= 0.6 is 0 Å². The number of aromatic nitrogens is 1. The number of quaternary nitrogens is 1. The number of hydrogen-bond acceptors (Lipinski definition) is 4. The van der Waals surface area contributed by atoms with Gasteiger partial charge in [0.05, 0.1) is 14.1 Å². The molecular weight excluding hydrogens is 180 g/mol. The van der Waals surface area contributed by atoms with Gasteiger partial charge in [-0.1, -0.05) is 11.2 Å². The lowest BCUT2D eigenvalue weighted by atomic mass is 10.5. The fourth-order valence-electron chi connectivity index (χ4n) is 1.10.